The van der Waals surface area contributed by atoms with Crippen LogP contribution in [-0.2, 0) is 0 Å². The summed E-state index contributed by atoms with van der Waals surface area (Å²) >= 11 is 0. The Bertz CT molecular complexity index is 1270. The van der Waals surface area contributed by atoms with E-state index in [2.05, 4.69) is 11.1 Å². The Labute approximate surface area is 185 Å². The van der Waals surface area contributed by atoms with Crippen molar-refractivity contribution in [2.45, 2.75) is 13.8 Å². The second kappa shape index (κ2) is 8.53. The van der Waals surface area contributed by atoms with Crippen molar-refractivity contribution in [2.75, 3.05) is 6.61 Å². The summed E-state index contributed by atoms with van der Waals surface area (Å²) in [4.78, 5) is 17.4. The number of aromatic nitrogens is 3. The van der Waals surface area contributed by atoms with Gasteiger partial charge in [-0.15, -0.1) is 0 Å². The molecule has 143 valence electrons. The molecule has 0 saturated carbocycles. The number of fused-ring (bicyclic) bond motifs is 1. The fourth-order valence-corrected chi connectivity index (χ4v) is 3.12. The summed E-state index contributed by atoms with van der Waals surface area (Å²) in [5.41, 5.74) is 3.96. The van der Waals surface area contributed by atoms with Gasteiger partial charge in [0.2, 0.25) is 0 Å². The molecule has 0 unspecified atom stereocenters. The maximum atomic E-state index is 12.9. The summed E-state index contributed by atoms with van der Waals surface area (Å²) in [5, 5.41) is 8.96. The van der Waals surface area contributed by atoms with Gasteiger partial charge in [-0.3, -0.25) is 4.40 Å². The van der Waals surface area contributed by atoms with E-state index in [-0.39, 0.29) is 29.6 Å². The Morgan fingerprint density at radius 1 is 1.10 bits per heavy atom. The Morgan fingerprint density at radius 3 is 2.55 bits per heavy atom. The Kier molecular flexibility index (Phi) is 6.08. The van der Waals surface area contributed by atoms with Gasteiger partial charge in [-0.05, 0) is 49.2 Å². The summed E-state index contributed by atoms with van der Waals surface area (Å²) in [7, 11) is 0. The van der Waals surface area contributed by atoms with Crippen LogP contribution in [0.2, 0.25) is 0 Å². The quantitative estimate of drug-likeness (QED) is 0.413. The number of aryl methyl sites for hydroxylation is 1. The average molecular weight is 490 g/mol. The standard InChI is InChI=1S/C22H18N4O2.Sn.H/c1-3-28-20-10-18(17-7-5-16(11-23)6-8-17)12-24-21(20)26-14-19-9-4-15(2)13-25(19)22(26)27;;/h4-10,12-14H,3H2,1-2H3;;. The van der Waals surface area contributed by atoms with Gasteiger partial charge in [-0.1, -0.05) is 18.2 Å². The first-order valence-corrected chi connectivity index (χ1v) is 8.95. The first-order chi connectivity index (χ1) is 13.6. The number of imidazole rings is 1. The van der Waals surface area contributed by atoms with Gasteiger partial charge in [0.05, 0.1) is 23.8 Å². The molecular weight excluding hydrogens is 471 g/mol. The molecule has 7 heteroatoms. The van der Waals surface area contributed by atoms with Crippen molar-refractivity contribution in [3.8, 4) is 28.8 Å². The van der Waals surface area contributed by atoms with Crippen molar-refractivity contribution in [3.05, 3.63) is 82.7 Å². The monoisotopic (exact) mass is 491 g/mol. The number of pyridine rings is 2. The van der Waals surface area contributed by atoms with Crippen LogP contribution in [-0.4, -0.2) is 44.5 Å². The van der Waals surface area contributed by atoms with Crippen molar-refractivity contribution in [1.82, 2.24) is 14.0 Å². The van der Waals surface area contributed by atoms with Gasteiger partial charge in [0.15, 0.2) is 11.6 Å². The van der Waals surface area contributed by atoms with Crippen molar-refractivity contribution in [3.63, 3.8) is 0 Å². The molecule has 0 fully saturated rings. The van der Waals surface area contributed by atoms with Crippen LogP contribution in [0.4, 0.5) is 0 Å². The molecule has 0 N–H and O–H groups in total. The first kappa shape index (κ1) is 20.7. The Hall–Kier alpha value is -3.05. The Morgan fingerprint density at radius 2 is 1.86 bits per heavy atom. The molecule has 3 heterocycles. The van der Waals surface area contributed by atoms with E-state index in [4.69, 9.17) is 10.00 Å². The van der Waals surface area contributed by atoms with Gasteiger partial charge in [0, 0.05) is 24.2 Å². The fraction of sp³-hybridized carbons (Fsp3) is 0.136. The van der Waals surface area contributed by atoms with E-state index in [1.807, 2.05) is 44.2 Å². The third-order valence-corrected chi connectivity index (χ3v) is 4.51. The molecule has 0 saturated heterocycles. The molecule has 0 atom stereocenters. The zero-order chi connectivity index (χ0) is 19.7. The first-order valence-electron chi connectivity index (χ1n) is 8.95. The SMILES string of the molecule is CCOc1cc(-c2ccc(C#N)cc2)cnc1-n1cc2ccc(C)cn2c1=O.[SnH]. The molecule has 3 radical (unpaired) electrons. The van der Waals surface area contributed by atoms with Crippen molar-refractivity contribution in [2.24, 2.45) is 0 Å². The van der Waals surface area contributed by atoms with Crippen molar-refractivity contribution >= 4 is 29.4 Å². The van der Waals surface area contributed by atoms with Gasteiger partial charge >= 0.3 is 29.6 Å². The van der Waals surface area contributed by atoms with Gasteiger partial charge in [0.25, 0.3) is 0 Å². The zero-order valence-corrected chi connectivity index (χ0v) is 19.5. The third kappa shape index (κ3) is 3.91. The van der Waals surface area contributed by atoms with E-state index in [0.29, 0.717) is 23.7 Å². The number of benzene rings is 1. The topological polar surface area (TPSA) is 72.3 Å². The van der Waals surface area contributed by atoms with Crippen molar-refractivity contribution in [1.29, 1.82) is 5.26 Å². The molecule has 0 aliphatic rings. The van der Waals surface area contributed by atoms with Crippen LogP contribution in [0, 0.1) is 18.3 Å². The molecule has 4 aromatic rings. The molecule has 29 heavy (non-hydrogen) atoms. The second-order valence-electron chi connectivity index (χ2n) is 6.45. The number of nitrogens with zero attached hydrogens (tertiary/aromatic N) is 4. The van der Waals surface area contributed by atoms with Crippen molar-refractivity contribution < 1.29 is 4.74 Å². The summed E-state index contributed by atoms with van der Waals surface area (Å²) in [6.07, 6.45) is 5.27. The van der Waals surface area contributed by atoms with Crippen LogP contribution in [0.3, 0.4) is 0 Å². The van der Waals surface area contributed by atoms with Gasteiger partial charge in [0.1, 0.15) is 0 Å². The van der Waals surface area contributed by atoms with Crippen LogP contribution in [0.1, 0.15) is 18.1 Å². The van der Waals surface area contributed by atoms with Gasteiger partial charge < -0.3 is 4.74 Å². The van der Waals surface area contributed by atoms with E-state index in [1.165, 1.54) is 4.57 Å². The summed E-state index contributed by atoms with van der Waals surface area (Å²) in [6.45, 7) is 4.28. The summed E-state index contributed by atoms with van der Waals surface area (Å²) in [5.74, 6) is 0.977. The summed E-state index contributed by atoms with van der Waals surface area (Å²) < 4.78 is 8.89. The number of ether oxygens (including phenoxy) is 1. The van der Waals surface area contributed by atoms with Crippen LogP contribution in [0.5, 0.6) is 5.75 Å². The number of nitriles is 1. The molecule has 0 spiro atoms. The molecule has 4 rings (SSSR count). The molecule has 0 aliphatic carbocycles. The molecule has 3 aromatic heterocycles. The number of hydrogen-bond acceptors (Lipinski definition) is 4. The molecule has 6 nitrogen and oxygen atoms in total. The van der Waals surface area contributed by atoms with Crippen LogP contribution >= 0.6 is 0 Å². The Balaban J connectivity index is 0.00000240. The molecule has 0 amide bonds. The predicted octanol–water partition coefficient (Wildman–Crippen LogP) is 3.08. The second-order valence-corrected chi connectivity index (χ2v) is 6.45. The average Bonchev–Trinajstić information content (AvgIpc) is 3.04. The van der Waals surface area contributed by atoms with Crippen LogP contribution in [0.25, 0.3) is 22.5 Å². The van der Waals surface area contributed by atoms with Gasteiger partial charge in [-0.25, -0.2) is 14.3 Å². The molecule has 0 aliphatic heterocycles. The van der Waals surface area contributed by atoms with E-state index < -0.39 is 0 Å². The normalized spacial score (nSPS) is 10.4. The van der Waals surface area contributed by atoms with Crippen LogP contribution in [0.15, 0.2) is 65.8 Å². The number of rotatable bonds is 4. The fourth-order valence-electron chi connectivity index (χ4n) is 3.12. The zero-order valence-electron chi connectivity index (χ0n) is 16.2. The van der Waals surface area contributed by atoms with E-state index >= 15 is 0 Å². The molecule has 0 bridgehead atoms. The van der Waals surface area contributed by atoms with E-state index in [0.717, 1.165) is 22.2 Å². The van der Waals surface area contributed by atoms with Gasteiger partial charge in [-0.2, -0.15) is 5.26 Å². The molecule has 1 aromatic carbocycles. The maximum absolute atomic E-state index is 12.9. The van der Waals surface area contributed by atoms with E-state index in [9.17, 15) is 4.79 Å². The van der Waals surface area contributed by atoms with Crippen LogP contribution < -0.4 is 10.4 Å². The molecular formula is C22H19N4O2Sn. The minimum atomic E-state index is -0.196. The third-order valence-electron chi connectivity index (χ3n) is 4.51. The minimum absolute atomic E-state index is 0. The van der Waals surface area contributed by atoms with E-state index in [1.54, 1.807) is 35.1 Å². The predicted molar refractivity (Wildman–Crippen MR) is 114 cm³/mol. The number of hydrogen-bond donors (Lipinski definition) is 0. The summed E-state index contributed by atoms with van der Waals surface area (Å²) in [6, 6.07) is 15.1.